The zero-order chi connectivity index (χ0) is 6.85. The molecular formula is C5H9NO3. The van der Waals surface area contributed by atoms with Crippen molar-refractivity contribution in [3.63, 3.8) is 0 Å². The molecule has 1 aliphatic rings. The van der Waals surface area contributed by atoms with Crippen molar-refractivity contribution in [2.45, 2.75) is 18.6 Å². The van der Waals surface area contributed by atoms with Crippen molar-refractivity contribution in [1.82, 2.24) is 5.32 Å². The van der Waals surface area contributed by atoms with E-state index in [0.29, 0.717) is 13.0 Å². The van der Waals surface area contributed by atoms with E-state index in [0.717, 1.165) is 0 Å². The number of hydrogen-bond donors (Lipinski definition) is 3. The molecule has 0 spiro atoms. The highest BCUT2D eigenvalue weighted by Gasteiger charge is 2.27. The molecule has 9 heavy (non-hydrogen) atoms. The minimum atomic E-state index is -1.22. The molecule has 3 N–H and O–H groups in total. The lowest BCUT2D eigenvalue weighted by Crippen LogP contribution is -2.48. The van der Waals surface area contributed by atoms with Crippen molar-refractivity contribution in [2.24, 2.45) is 0 Å². The summed E-state index contributed by atoms with van der Waals surface area (Å²) in [4.78, 5) is 10.5. The summed E-state index contributed by atoms with van der Waals surface area (Å²) in [6, 6.07) is 0. The number of aliphatic hydroxyl groups excluding tert-OH is 2. The minimum Gasteiger partial charge on any atom is -0.390 e. The van der Waals surface area contributed by atoms with Gasteiger partial charge in [-0.05, 0) is 6.42 Å². The Morgan fingerprint density at radius 1 is 1.56 bits per heavy atom. The van der Waals surface area contributed by atoms with E-state index in [9.17, 15) is 4.79 Å². The lowest BCUT2D eigenvalue weighted by molar-refractivity contribution is -0.138. The van der Waals surface area contributed by atoms with Crippen LogP contribution in [-0.2, 0) is 4.79 Å². The summed E-state index contributed by atoms with van der Waals surface area (Å²) in [7, 11) is 0. The average Bonchev–Trinajstić information content (AvgIpc) is 1.83. The minimum absolute atomic E-state index is 0.437. The van der Waals surface area contributed by atoms with E-state index in [-0.39, 0.29) is 0 Å². The fraction of sp³-hybridized carbons (Fsp3) is 0.800. The number of carbonyl (C=O) groups excluding carboxylic acids is 1. The molecule has 0 aromatic rings. The molecule has 0 bridgehead atoms. The quantitative estimate of drug-likeness (QED) is 0.364. The first-order chi connectivity index (χ1) is 4.22. The van der Waals surface area contributed by atoms with Gasteiger partial charge in [-0.3, -0.25) is 4.79 Å². The van der Waals surface area contributed by atoms with Gasteiger partial charge >= 0.3 is 0 Å². The molecule has 4 nitrogen and oxygen atoms in total. The number of carbonyl (C=O) groups is 1. The van der Waals surface area contributed by atoms with Crippen LogP contribution in [0.2, 0.25) is 0 Å². The van der Waals surface area contributed by atoms with E-state index in [2.05, 4.69) is 5.32 Å². The van der Waals surface area contributed by atoms with Crippen molar-refractivity contribution >= 4 is 5.91 Å². The van der Waals surface area contributed by atoms with Crippen molar-refractivity contribution in [1.29, 1.82) is 0 Å². The normalized spacial score (nSPS) is 36.0. The third-order valence-corrected chi connectivity index (χ3v) is 1.37. The Kier molecular flexibility index (Phi) is 1.68. The number of rotatable bonds is 0. The summed E-state index contributed by atoms with van der Waals surface area (Å²) >= 11 is 0. The van der Waals surface area contributed by atoms with Crippen LogP contribution in [0.3, 0.4) is 0 Å². The smallest absolute Gasteiger partial charge is 0.251 e. The molecule has 1 amide bonds. The molecule has 0 radical (unpaired) electrons. The van der Waals surface area contributed by atoms with Crippen LogP contribution in [-0.4, -0.2) is 34.9 Å². The van der Waals surface area contributed by atoms with E-state index >= 15 is 0 Å². The van der Waals surface area contributed by atoms with Gasteiger partial charge in [-0.1, -0.05) is 0 Å². The third kappa shape index (κ3) is 1.20. The lowest BCUT2D eigenvalue weighted by Gasteiger charge is -2.22. The average molecular weight is 131 g/mol. The Labute approximate surface area is 52.5 Å². The molecule has 0 saturated carbocycles. The second kappa shape index (κ2) is 2.33. The molecule has 52 valence electrons. The van der Waals surface area contributed by atoms with E-state index in [1.807, 2.05) is 0 Å². The summed E-state index contributed by atoms with van der Waals surface area (Å²) in [6.45, 7) is 0.455. The van der Waals surface area contributed by atoms with Gasteiger partial charge in [0, 0.05) is 6.54 Å². The highest BCUT2D eigenvalue weighted by molar-refractivity contribution is 5.81. The Bertz CT molecular complexity index is 125. The SMILES string of the molecule is O=C1NCC[C@H](O)[C@@H]1O. The maximum atomic E-state index is 10.5. The molecule has 1 fully saturated rings. The number of nitrogens with one attached hydrogen (secondary N) is 1. The monoisotopic (exact) mass is 131 g/mol. The highest BCUT2D eigenvalue weighted by atomic mass is 16.3. The van der Waals surface area contributed by atoms with Crippen LogP contribution in [0.15, 0.2) is 0 Å². The zero-order valence-corrected chi connectivity index (χ0v) is 4.87. The molecular weight excluding hydrogens is 122 g/mol. The fourth-order valence-electron chi connectivity index (χ4n) is 0.780. The largest absolute Gasteiger partial charge is 0.390 e. The van der Waals surface area contributed by atoms with Gasteiger partial charge in [0.1, 0.15) is 0 Å². The Morgan fingerprint density at radius 3 is 2.67 bits per heavy atom. The second-order valence-corrected chi connectivity index (χ2v) is 2.09. The predicted molar refractivity (Wildman–Crippen MR) is 29.6 cm³/mol. The van der Waals surface area contributed by atoms with Crippen LogP contribution in [0.1, 0.15) is 6.42 Å². The molecule has 1 rings (SSSR count). The fourth-order valence-corrected chi connectivity index (χ4v) is 0.780. The van der Waals surface area contributed by atoms with Gasteiger partial charge in [0.15, 0.2) is 6.10 Å². The van der Waals surface area contributed by atoms with Gasteiger partial charge in [0.25, 0.3) is 5.91 Å². The second-order valence-electron chi connectivity index (χ2n) is 2.09. The summed E-state index contributed by atoms with van der Waals surface area (Å²) in [5.41, 5.74) is 0. The molecule has 0 unspecified atom stereocenters. The molecule has 0 aromatic carbocycles. The maximum absolute atomic E-state index is 10.5. The molecule has 1 aliphatic heterocycles. The highest BCUT2D eigenvalue weighted by Crippen LogP contribution is 2.02. The Hall–Kier alpha value is -0.610. The van der Waals surface area contributed by atoms with E-state index in [1.54, 1.807) is 0 Å². The third-order valence-electron chi connectivity index (χ3n) is 1.37. The first-order valence-corrected chi connectivity index (χ1v) is 2.85. The molecule has 2 atom stereocenters. The topological polar surface area (TPSA) is 69.6 Å². The van der Waals surface area contributed by atoms with Gasteiger partial charge in [0.2, 0.25) is 0 Å². The van der Waals surface area contributed by atoms with E-state index in [4.69, 9.17) is 10.2 Å². The van der Waals surface area contributed by atoms with Crippen LogP contribution >= 0.6 is 0 Å². The first kappa shape index (κ1) is 6.51. The van der Waals surface area contributed by atoms with Crippen LogP contribution in [0.4, 0.5) is 0 Å². The van der Waals surface area contributed by atoms with Gasteiger partial charge in [0.05, 0.1) is 6.10 Å². The predicted octanol–water partition coefficient (Wildman–Crippen LogP) is -1.77. The Balaban J connectivity index is 2.51. The number of piperidine rings is 1. The van der Waals surface area contributed by atoms with Crippen molar-refractivity contribution in [2.75, 3.05) is 6.54 Å². The molecule has 1 saturated heterocycles. The first-order valence-electron chi connectivity index (χ1n) is 2.85. The van der Waals surface area contributed by atoms with Gasteiger partial charge in [-0.15, -0.1) is 0 Å². The van der Waals surface area contributed by atoms with Gasteiger partial charge < -0.3 is 15.5 Å². The number of amides is 1. The van der Waals surface area contributed by atoms with E-state index < -0.39 is 18.1 Å². The summed E-state index contributed by atoms with van der Waals surface area (Å²) in [6.07, 6.45) is -1.66. The van der Waals surface area contributed by atoms with Crippen LogP contribution in [0.5, 0.6) is 0 Å². The summed E-state index contributed by atoms with van der Waals surface area (Å²) < 4.78 is 0. The zero-order valence-electron chi connectivity index (χ0n) is 4.87. The van der Waals surface area contributed by atoms with Crippen molar-refractivity contribution < 1.29 is 15.0 Å². The molecule has 0 aromatic heterocycles. The van der Waals surface area contributed by atoms with Gasteiger partial charge in [-0.25, -0.2) is 0 Å². The molecule has 4 heteroatoms. The summed E-state index contributed by atoms with van der Waals surface area (Å²) in [5, 5.41) is 20.0. The number of aliphatic hydroxyl groups is 2. The maximum Gasteiger partial charge on any atom is 0.251 e. The van der Waals surface area contributed by atoms with Crippen LogP contribution < -0.4 is 5.32 Å². The summed E-state index contributed by atoms with van der Waals surface area (Å²) in [5.74, 6) is -0.478. The standard InChI is InChI=1S/C5H9NO3/c7-3-1-2-6-5(9)4(3)8/h3-4,7-8H,1-2H2,(H,6,9)/t3-,4-/m0/s1. The lowest BCUT2D eigenvalue weighted by atomic mass is 10.1. The van der Waals surface area contributed by atoms with E-state index in [1.165, 1.54) is 0 Å². The van der Waals surface area contributed by atoms with Crippen molar-refractivity contribution in [3.05, 3.63) is 0 Å². The van der Waals surface area contributed by atoms with Gasteiger partial charge in [-0.2, -0.15) is 0 Å². The Morgan fingerprint density at radius 2 is 2.22 bits per heavy atom. The molecule has 0 aliphatic carbocycles. The van der Waals surface area contributed by atoms with Crippen LogP contribution in [0.25, 0.3) is 0 Å². The molecule has 1 heterocycles. The van der Waals surface area contributed by atoms with Crippen LogP contribution in [0, 0.1) is 0 Å². The number of hydrogen-bond acceptors (Lipinski definition) is 3. The van der Waals surface area contributed by atoms with Crippen molar-refractivity contribution in [3.8, 4) is 0 Å².